The summed E-state index contributed by atoms with van der Waals surface area (Å²) in [4.78, 5) is 10.2. The van der Waals surface area contributed by atoms with Crippen LogP contribution in [0, 0.1) is 6.92 Å². The maximum absolute atomic E-state index is 10.2. The Morgan fingerprint density at radius 3 is 2.26 bits per heavy atom. The summed E-state index contributed by atoms with van der Waals surface area (Å²) in [5, 5.41) is 2.67. The van der Waals surface area contributed by atoms with E-state index in [9.17, 15) is 4.79 Å². The second-order valence-corrected chi connectivity index (χ2v) is 5.44. The van der Waals surface area contributed by atoms with Gasteiger partial charge in [-0.05, 0) is 51.8 Å². The fourth-order valence-electron chi connectivity index (χ4n) is 1.13. The standard InChI is InChI=1S/C10H14N2O.C5H12O/c1-7-3-4-9(5-10(7)11)8(2)12-6-13;1-5(2,3)6-4/h3-6,8H,11H2,1-2H3,(H,12,13);1-4H3. The third-order valence-electron chi connectivity index (χ3n) is 2.73. The lowest BCUT2D eigenvalue weighted by Crippen LogP contribution is -2.16. The normalized spacial score (nSPS) is 12.1. The van der Waals surface area contributed by atoms with Crippen LogP contribution in [-0.4, -0.2) is 19.1 Å². The Bertz CT molecular complexity index is 398. The zero-order valence-corrected chi connectivity index (χ0v) is 12.8. The molecule has 0 fully saturated rings. The fraction of sp³-hybridized carbons (Fsp3) is 0.533. The number of amides is 1. The van der Waals surface area contributed by atoms with Gasteiger partial charge in [0.2, 0.25) is 6.41 Å². The number of benzene rings is 1. The van der Waals surface area contributed by atoms with Gasteiger partial charge < -0.3 is 15.8 Å². The minimum atomic E-state index is 0.0143. The van der Waals surface area contributed by atoms with E-state index >= 15 is 0 Å². The van der Waals surface area contributed by atoms with Gasteiger partial charge in [-0.2, -0.15) is 0 Å². The summed E-state index contributed by atoms with van der Waals surface area (Å²) in [5.41, 5.74) is 8.62. The fourth-order valence-corrected chi connectivity index (χ4v) is 1.13. The molecule has 4 nitrogen and oxygen atoms in total. The highest BCUT2D eigenvalue weighted by Gasteiger charge is 2.04. The molecular formula is C15H26N2O2. The zero-order valence-electron chi connectivity index (χ0n) is 12.8. The van der Waals surface area contributed by atoms with Gasteiger partial charge in [-0.25, -0.2) is 0 Å². The van der Waals surface area contributed by atoms with Gasteiger partial charge in [0.25, 0.3) is 0 Å². The van der Waals surface area contributed by atoms with Crippen molar-refractivity contribution in [2.24, 2.45) is 0 Å². The smallest absolute Gasteiger partial charge is 0.207 e. The van der Waals surface area contributed by atoms with Crippen LogP contribution in [0.1, 0.15) is 44.9 Å². The second kappa shape index (κ2) is 7.79. The largest absolute Gasteiger partial charge is 0.399 e. The SMILES string of the molecule is COC(C)(C)C.Cc1ccc(C(C)NC=O)cc1N. The lowest BCUT2D eigenvalue weighted by Gasteiger charge is -2.14. The predicted molar refractivity (Wildman–Crippen MR) is 80.0 cm³/mol. The number of nitrogen functional groups attached to an aromatic ring is 1. The van der Waals surface area contributed by atoms with Crippen LogP contribution < -0.4 is 11.1 Å². The molecule has 0 bridgehead atoms. The Balaban J connectivity index is 0.000000459. The topological polar surface area (TPSA) is 64.3 Å². The highest BCUT2D eigenvalue weighted by molar-refractivity contribution is 5.51. The van der Waals surface area contributed by atoms with Crippen molar-refractivity contribution in [3.8, 4) is 0 Å². The molecule has 1 rings (SSSR count). The highest BCUT2D eigenvalue weighted by atomic mass is 16.5. The molecule has 1 atom stereocenters. The molecule has 3 N–H and O–H groups in total. The van der Waals surface area contributed by atoms with Gasteiger partial charge in [-0.15, -0.1) is 0 Å². The number of nitrogens with one attached hydrogen (secondary N) is 1. The van der Waals surface area contributed by atoms with E-state index in [4.69, 9.17) is 10.5 Å². The van der Waals surface area contributed by atoms with Crippen LogP contribution in [-0.2, 0) is 9.53 Å². The number of ether oxygens (including phenoxy) is 1. The molecule has 0 saturated heterocycles. The summed E-state index contributed by atoms with van der Waals surface area (Å²) >= 11 is 0. The molecule has 0 aliphatic rings. The molecule has 4 heteroatoms. The molecule has 19 heavy (non-hydrogen) atoms. The molecule has 1 aromatic rings. The Morgan fingerprint density at radius 1 is 1.37 bits per heavy atom. The molecule has 1 unspecified atom stereocenters. The van der Waals surface area contributed by atoms with Crippen molar-refractivity contribution in [1.82, 2.24) is 5.32 Å². The number of carbonyl (C=O) groups excluding carboxylic acids is 1. The average Bonchev–Trinajstić information content (AvgIpc) is 2.33. The van der Waals surface area contributed by atoms with Crippen molar-refractivity contribution in [3.05, 3.63) is 29.3 Å². The number of hydrogen-bond donors (Lipinski definition) is 2. The van der Waals surface area contributed by atoms with Gasteiger partial charge in [0.1, 0.15) is 0 Å². The first-order chi connectivity index (χ1) is 8.71. The summed E-state index contributed by atoms with van der Waals surface area (Å²) in [6, 6.07) is 5.82. The number of rotatable bonds is 3. The van der Waals surface area contributed by atoms with Gasteiger partial charge in [-0.3, -0.25) is 4.79 Å². The molecule has 1 amide bonds. The molecule has 0 saturated carbocycles. The molecule has 0 spiro atoms. The Kier molecular flexibility index (Phi) is 7.16. The maximum Gasteiger partial charge on any atom is 0.207 e. The molecule has 108 valence electrons. The number of anilines is 1. The zero-order chi connectivity index (χ0) is 15.1. The number of methoxy groups -OCH3 is 1. The van der Waals surface area contributed by atoms with Gasteiger partial charge in [0, 0.05) is 12.8 Å². The van der Waals surface area contributed by atoms with Crippen molar-refractivity contribution in [2.45, 2.75) is 46.3 Å². The highest BCUT2D eigenvalue weighted by Crippen LogP contribution is 2.18. The van der Waals surface area contributed by atoms with Gasteiger partial charge in [0.15, 0.2) is 0 Å². The first-order valence-corrected chi connectivity index (χ1v) is 6.32. The van der Waals surface area contributed by atoms with E-state index in [-0.39, 0.29) is 11.6 Å². The monoisotopic (exact) mass is 266 g/mol. The van der Waals surface area contributed by atoms with Gasteiger partial charge in [-0.1, -0.05) is 12.1 Å². The third-order valence-corrected chi connectivity index (χ3v) is 2.73. The van der Waals surface area contributed by atoms with E-state index in [0.717, 1.165) is 16.8 Å². The molecule has 0 aliphatic heterocycles. The van der Waals surface area contributed by atoms with Crippen LogP contribution in [0.5, 0.6) is 0 Å². The third kappa shape index (κ3) is 7.47. The van der Waals surface area contributed by atoms with E-state index in [0.29, 0.717) is 6.41 Å². The van der Waals surface area contributed by atoms with Crippen molar-refractivity contribution < 1.29 is 9.53 Å². The minimum Gasteiger partial charge on any atom is -0.399 e. The molecule has 0 heterocycles. The van der Waals surface area contributed by atoms with Crippen LogP contribution >= 0.6 is 0 Å². The predicted octanol–water partition coefficient (Wildman–Crippen LogP) is 2.82. The number of carbonyl (C=O) groups is 1. The first-order valence-electron chi connectivity index (χ1n) is 6.32. The van der Waals surface area contributed by atoms with E-state index in [1.54, 1.807) is 7.11 Å². The summed E-state index contributed by atoms with van der Waals surface area (Å²) in [7, 11) is 1.71. The Hall–Kier alpha value is -1.55. The summed E-state index contributed by atoms with van der Waals surface area (Å²) in [6.45, 7) is 9.93. The van der Waals surface area contributed by atoms with Crippen LogP contribution in [0.3, 0.4) is 0 Å². The van der Waals surface area contributed by atoms with Crippen LogP contribution in [0.15, 0.2) is 18.2 Å². The quantitative estimate of drug-likeness (QED) is 0.653. The Labute approximate surface area is 116 Å². The van der Waals surface area contributed by atoms with Crippen LogP contribution in [0.25, 0.3) is 0 Å². The first kappa shape index (κ1) is 17.4. The van der Waals surface area contributed by atoms with E-state index in [2.05, 4.69) is 5.32 Å². The minimum absolute atomic E-state index is 0.0143. The molecular weight excluding hydrogens is 240 g/mol. The molecule has 0 aliphatic carbocycles. The van der Waals surface area contributed by atoms with Gasteiger partial charge in [0.05, 0.1) is 11.6 Å². The van der Waals surface area contributed by atoms with Crippen LogP contribution in [0.4, 0.5) is 5.69 Å². The number of nitrogens with two attached hydrogens (primary N) is 1. The average molecular weight is 266 g/mol. The van der Waals surface area contributed by atoms with Crippen molar-refractivity contribution >= 4 is 12.1 Å². The lowest BCUT2D eigenvalue weighted by atomic mass is 10.1. The van der Waals surface area contributed by atoms with Crippen LogP contribution in [0.2, 0.25) is 0 Å². The maximum atomic E-state index is 10.2. The van der Waals surface area contributed by atoms with Crippen molar-refractivity contribution in [3.63, 3.8) is 0 Å². The van der Waals surface area contributed by atoms with E-state index < -0.39 is 0 Å². The molecule has 0 radical (unpaired) electrons. The summed E-state index contributed by atoms with van der Waals surface area (Å²) < 4.78 is 4.94. The van der Waals surface area contributed by atoms with E-state index in [1.165, 1.54) is 0 Å². The molecule has 1 aromatic carbocycles. The van der Waals surface area contributed by atoms with Crippen molar-refractivity contribution in [1.29, 1.82) is 0 Å². The lowest BCUT2D eigenvalue weighted by molar-refractivity contribution is -0.110. The van der Waals surface area contributed by atoms with E-state index in [1.807, 2.05) is 52.8 Å². The van der Waals surface area contributed by atoms with Gasteiger partial charge >= 0.3 is 0 Å². The number of hydrogen-bond acceptors (Lipinski definition) is 3. The van der Waals surface area contributed by atoms with Crippen molar-refractivity contribution in [2.75, 3.05) is 12.8 Å². The second-order valence-electron chi connectivity index (χ2n) is 5.44. The summed E-state index contributed by atoms with van der Waals surface area (Å²) in [5.74, 6) is 0. The summed E-state index contributed by atoms with van der Waals surface area (Å²) in [6.07, 6.45) is 0.695. The number of aryl methyl sites for hydroxylation is 1. The molecule has 0 aromatic heterocycles. The Morgan fingerprint density at radius 2 is 1.89 bits per heavy atom.